The molecule has 1 heterocycles. The third-order valence-electron chi connectivity index (χ3n) is 9.13. The molecule has 1 unspecified atom stereocenters. The van der Waals surface area contributed by atoms with E-state index >= 15 is 0 Å². The van der Waals surface area contributed by atoms with Crippen molar-refractivity contribution < 1.29 is 35.8 Å². The molecule has 176 valence electrons. The average molecular weight is 450 g/mol. The first-order valence-corrected chi connectivity index (χ1v) is 11.6. The molecule has 4 aliphatic carbocycles. The number of hydrogen-bond acceptors (Lipinski definition) is 6. The Bertz CT molecular complexity index is 1120. The number of hydrogen-bond donors (Lipinski definition) is 1. The summed E-state index contributed by atoms with van der Waals surface area (Å²) < 4.78 is 60.0. The maximum Gasteiger partial charge on any atom is 0.190 e. The maximum atomic E-state index is 13.8. The van der Waals surface area contributed by atoms with E-state index in [1.165, 1.54) is 13.0 Å². The van der Waals surface area contributed by atoms with Gasteiger partial charge in [0.05, 0.1) is 10.2 Å². The van der Waals surface area contributed by atoms with Gasteiger partial charge in [0.2, 0.25) is 0 Å². The molecule has 0 radical (unpaired) electrons. The first-order chi connectivity index (χ1) is 16.9. The lowest BCUT2D eigenvalue weighted by atomic mass is 9.46. The van der Waals surface area contributed by atoms with Gasteiger partial charge in [0.25, 0.3) is 0 Å². The zero-order chi connectivity index (χ0) is 27.6. The Balaban J connectivity index is 1.56. The summed E-state index contributed by atoms with van der Waals surface area (Å²) in [5.41, 5.74) is -4.91. The van der Waals surface area contributed by atoms with E-state index in [0.717, 1.165) is 0 Å². The van der Waals surface area contributed by atoms with Gasteiger partial charge in [-0.15, -0.1) is 0 Å². The fourth-order valence-electron chi connectivity index (χ4n) is 7.47. The fourth-order valence-corrected chi connectivity index (χ4v) is 7.47. The number of rotatable bonds is 6. The molecule has 3 saturated carbocycles. The molecule has 1 spiro atoms. The van der Waals surface area contributed by atoms with Gasteiger partial charge in [-0.2, -0.15) is 0 Å². The molecule has 0 bridgehead atoms. The second kappa shape index (κ2) is 7.08. The number of Topliss-reactive ketones (excluding diaryl/α,β-unsaturated/α-hetero) is 1. The molecule has 6 heteroatoms. The molecule has 32 heavy (non-hydrogen) atoms. The number of fused-ring (bicyclic) bond motifs is 3. The number of carbonyl (C=O) groups excluding carboxylic acids is 2. The summed E-state index contributed by atoms with van der Waals surface area (Å²) in [6.07, 6.45) is 0.225. The molecule has 5 aliphatic rings. The molecule has 0 aromatic carbocycles. The van der Waals surface area contributed by atoms with Crippen LogP contribution in [-0.4, -0.2) is 53.4 Å². The Kier molecular flexibility index (Phi) is 3.79. The molecular weight excluding hydrogens is 408 g/mol. The molecule has 9 atom stereocenters. The van der Waals surface area contributed by atoms with Gasteiger partial charge in [-0.1, -0.05) is 25.5 Å². The number of allylic oxidation sites excluding steroid dienone is 2. The monoisotopic (exact) mass is 449 g/mol. The van der Waals surface area contributed by atoms with E-state index in [4.69, 9.17) is 21.1 Å². The summed E-state index contributed by atoms with van der Waals surface area (Å²) in [5.74, 6) is -2.97. The molecule has 1 aliphatic heterocycles. The Hall–Kier alpha value is -1.34. The van der Waals surface area contributed by atoms with Crippen LogP contribution < -0.4 is 0 Å². The van der Waals surface area contributed by atoms with Gasteiger partial charge in [0, 0.05) is 20.2 Å². The predicted molar refractivity (Wildman–Crippen MR) is 118 cm³/mol. The summed E-state index contributed by atoms with van der Waals surface area (Å²) in [5, 5.41) is 12.1. The largest absolute Gasteiger partial charge is 0.381 e. The SMILES string of the molecule is [2H]C1=C2C([2H])([2H])C[C@H]3[C@@H]4C[C@H](C)[C@](O)(C(=O)C([2H])([2H])OC(C)OCC)[C@@]4(C)C[C@H]4O[C@]43[C@@]2(C)C=CC1=O. The lowest BCUT2D eigenvalue weighted by Gasteiger charge is -2.55. The first kappa shape index (κ1) is 17.1. The quantitative estimate of drug-likeness (QED) is 0.494. The minimum atomic E-state index is -2.80. The van der Waals surface area contributed by atoms with E-state index in [-0.39, 0.29) is 37.0 Å². The third kappa shape index (κ3) is 2.61. The highest BCUT2D eigenvalue weighted by atomic mass is 16.7. The summed E-state index contributed by atoms with van der Waals surface area (Å²) in [4.78, 5) is 26.1. The van der Waals surface area contributed by atoms with Crippen LogP contribution in [0.2, 0.25) is 0 Å². The fraction of sp³-hybridized carbons (Fsp3) is 0.769. The van der Waals surface area contributed by atoms with Crippen LogP contribution in [-0.2, 0) is 23.8 Å². The van der Waals surface area contributed by atoms with Gasteiger partial charge in [0.15, 0.2) is 17.9 Å². The van der Waals surface area contributed by atoms with Gasteiger partial charge in [-0.3, -0.25) is 9.59 Å². The summed E-state index contributed by atoms with van der Waals surface area (Å²) >= 11 is 0. The van der Waals surface area contributed by atoms with Crippen molar-refractivity contribution in [1.82, 2.24) is 0 Å². The van der Waals surface area contributed by atoms with E-state index in [2.05, 4.69) is 0 Å². The van der Waals surface area contributed by atoms with E-state index in [1.54, 1.807) is 26.8 Å². The van der Waals surface area contributed by atoms with Gasteiger partial charge < -0.3 is 19.3 Å². The van der Waals surface area contributed by atoms with Crippen LogP contribution in [0.1, 0.15) is 67.1 Å². The van der Waals surface area contributed by atoms with Crippen molar-refractivity contribution in [3.05, 3.63) is 23.8 Å². The van der Waals surface area contributed by atoms with Crippen LogP contribution in [0.25, 0.3) is 0 Å². The van der Waals surface area contributed by atoms with E-state index in [1.807, 2.05) is 6.92 Å². The van der Waals surface area contributed by atoms with Crippen LogP contribution in [0.15, 0.2) is 23.8 Å². The second-order valence-electron chi connectivity index (χ2n) is 10.5. The standard InChI is InChI=1S/C26H36O6/c1-6-30-16(3)31-14-21(28)25(29)15(2)11-20-19-8-7-17-12-18(27)9-10-23(17,4)26(19)22(32-26)13-24(20,25)5/h9-10,12,15-16,19-20,22,29H,6-8,11,13-14H2,1-5H3/t15-,16?,19-,20-,22+,23-,24-,25-,26-/m0/s1/i7D2,12D,14D2. The lowest BCUT2D eigenvalue weighted by Crippen LogP contribution is -2.62. The van der Waals surface area contributed by atoms with E-state index < -0.39 is 70.8 Å². The van der Waals surface area contributed by atoms with Crippen LogP contribution >= 0.6 is 0 Å². The Morgan fingerprint density at radius 1 is 1.44 bits per heavy atom. The zero-order valence-corrected chi connectivity index (χ0v) is 19.4. The Labute approximate surface area is 197 Å². The van der Waals surface area contributed by atoms with Gasteiger partial charge >= 0.3 is 0 Å². The van der Waals surface area contributed by atoms with E-state index in [0.29, 0.717) is 6.42 Å². The number of carbonyl (C=O) groups is 2. The molecule has 1 saturated heterocycles. The maximum absolute atomic E-state index is 13.8. The molecule has 0 amide bonds. The highest BCUT2D eigenvalue weighted by molar-refractivity contribution is 6.01. The second-order valence-corrected chi connectivity index (χ2v) is 10.5. The smallest absolute Gasteiger partial charge is 0.190 e. The highest BCUT2D eigenvalue weighted by Crippen LogP contribution is 2.76. The molecule has 0 aromatic rings. The highest BCUT2D eigenvalue weighted by Gasteiger charge is 2.81. The first-order valence-electron chi connectivity index (χ1n) is 14.1. The summed E-state index contributed by atoms with van der Waals surface area (Å²) in [6.45, 7) is 6.03. The zero-order valence-electron chi connectivity index (χ0n) is 24.4. The average Bonchev–Trinajstić information content (AvgIpc) is 3.47. The van der Waals surface area contributed by atoms with Gasteiger partial charge in [-0.05, 0) is 76.3 Å². The van der Waals surface area contributed by atoms with Crippen molar-refractivity contribution in [2.45, 2.75) is 83.9 Å². The molecular formula is C26H36O6. The predicted octanol–water partition coefficient (Wildman–Crippen LogP) is 3.37. The molecule has 6 nitrogen and oxygen atoms in total. The van der Waals surface area contributed by atoms with Crippen molar-refractivity contribution in [1.29, 1.82) is 0 Å². The van der Waals surface area contributed by atoms with Crippen molar-refractivity contribution in [2.75, 3.05) is 13.2 Å². The van der Waals surface area contributed by atoms with Crippen LogP contribution in [0.5, 0.6) is 0 Å². The van der Waals surface area contributed by atoms with Crippen molar-refractivity contribution in [2.24, 2.45) is 28.6 Å². The molecule has 5 rings (SSSR count). The Morgan fingerprint density at radius 2 is 2.19 bits per heavy atom. The van der Waals surface area contributed by atoms with Crippen LogP contribution in [0.3, 0.4) is 0 Å². The van der Waals surface area contributed by atoms with Crippen LogP contribution in [0, 0.1) is 28.6 Å². The minimum Gasteiger partial charge on any atom is -0.381 e. The van der Waals surface area contributed by atoms with Gasteiger partial charge in [-0.25, -0.2) is 0 Å². The summed E-state index contributed by atoms with van der Waals surface area (Å²) in [6, 6.07) is -0.328. The molecule has 0 aromatic heterocycles. The lowest BCUT2D eigenvalue weighted by molar-refractivity contribution is -0.180. The van der Waals surface area contributed by atoms with Crippen molar-refractivity contribution >= 4 is 11.6 Å². The Morgan fingerprint density at radius 3 is 2.91 bits per heavy atom. The number of ketones is 2. The third-order valence-corrected chi connectivity index (χ3v) is 9.13. The molecule has 1 N–H and O–H groups in total. The topological polar surface area (TPSA) is 85.4 Å². The van der Waals surface area contributed by atoms with Crippen molar-refractivity contribution in [3.63, 3.8) is 0 Å². The molecule has 4 fully saturated rings. The van der Waals surface area contributed by atoms with Crippen LogP contribution in [0.4, 0.5) is 0 Å². The minimum absolute atomic E-state index is 0.0140. The van der Waals surface area contributed by atoms with Gasteiger partial charge in [0.1, 0.15) is 17.8 Å². The number of aliphatic hydroxyl groups is 1. The number of epoxide rings is 1. The normalized spacial score (nSPS) is 54.1. The van der Waals surface area contributed by atoms with Crippen molar-refractivity contribution in [3.8, 4) is 0 Å². The van der Waals surface area contributed by atoms with E-state index in [9.17, 15) is 14.7 Å². The number of ether oxygens (including phenoxy) is 3. The summed E-state index contributed by atoms with van der Waals surface area (Å²) in [7, 11) is 0.